The van der Waals surface area contributed by atoms with E-state index in [0.717, 1.165) is 37.7 Å². The lowest BCUT2D eigenvalue weighted by Gasteiger charge is -2.32. The summed E-state index contributed by atoms with van der Waals surface area (Å²) in [4.78, 5) is 15.4. The van der Waals surface area contributed by atoms with Crippen LogP contribution in [0.15, 0.2) is 31.0 Å². The highest BCUT2D eigenvalue weighted by Crippen LogP contribution is 2.25. The van der Waals surface area contributed by atoms with Gasteiger partial charge < -0.3 is 9.30 Å². The Morgan fingerprint density at radius 3 is 3.09 bits per heavy atom. The Labute approximate surface area is 131 Å². The number of piperidine rings is 1. The number of hydrogen-bond donors (Lipinski definition) is 0. The highest BCUT2D eigenvalue weighted by atomic mass is 16.5. The number of hydrogen-bond acceptors (Lipinski definition) is 5. The summed E-state index contributed by atoms with van der Waals surface area (Å²) in [6.07, 6.45) is 9.78. The molecule has 6 nitrogen and oxygen atoms in total. The first-order chi connectivity index (χ1) is 10.9. The van der Waals surface area contributed by atoms with E-state index in [1.165, 1.54) is 12.8 Å². The van der Waals surface area contributed by atoms with E-state index >= 15 is 0 Å². The van der Waals surface area contributed by atoms with Gasteiger partial charge in [-0.05, 0) is 25.5 Å². The lowest BCUT2D eigenvalue weighted by atomic mass is 9.94. The Hall–Kier alpha value is -1.79. The van der Waals surface area contributed by atoms with Crippen molar-refractivity contribution in [2.24, 2.45) is 0 Å². The van der Waals surface area contributed by atoms with E-state index in [0.29, 0.717) is 12.5 Å². The van der Waals surface area contributed by atoms with Crippen LogP contribution in [0.4, 0.5) is 0 Å². The largest absolute Gasteiger partial charge is 0.383 e. The van der Waals surface area contributed by atoms with Gasteiger partial charge in [-0.2, -0.15) is 0 Å². The molecule has 6 heteroatoms. The van der Waals surface area contributed by atoms with Gasteiger partial charge in [0.25, 0.3) is 0 Å². The van der Waals surface area contributed by atoms with E-state index in [2.05, 4.69) is 24.4 Å². The molecule has 1 aliphatic heterocycles. The minimum Gasteiger partial charge on any atom is -0.383 e. The van der Waals surface area contributed by atoms with Crippen LogP contribution in [0.2, 0.25) is 0 Å². The molecule has 0 bridgehead atoms. The number of ether oxygens (including phenoxy) is 1. The van der Waals surface area contributed by atoms with Crippen LogP contribution in [0.5, 0.6) is 0 Å². The Bertz CT molecular complexity index is 571. The van der Waals surface area contributed by atoms with Crippen LogP contribution in [-0.4, -0.2) is 51.2 Å². The van der Waals surface area contributed by atoms with Gasteiger partial charge in [-0.15, -0.1) is 0 Å². The fraction of sp³-hybridized carbons (Fsp3) is 0.562. The quantitative estimate of drug-likeness (QED) is 0.813. The Kier molecular flexibility index (Phi) is 5.13. The lowest BCUT2D eigenvalue weighted by molar-refractivity contribution is 0.176. The summed E-state index contributed by atoms with van der Waals surface area (Å²) in [5.41, 5.74) is 1.16. The van der Waals surface area contributed by atoms with E-state index in [-0.39, 0.29) is 0 Å². The number of imidazole rings is 1. The first kappa shape index (κ1) is 15.1. The topological polar surface area (TPSA) is 56.1 Å². The van der Waals surface area contributed by atoms with Crippen molar-refractivity contribution < 1.29 is 4.74 Å². The Morgan fingerprint density at radius 1 is 1.32 bits per heavy atom. The van der Waals surface area contributed by atoms with Crippen LogP contribution >= 0.6 is 0 Å². The predicted molar refractivity (Wildman–Crippen MR) is 83.4 cm³/mol. The van der Waals surface area contributed by atoms with Crippen molar-refractivity contribution in [3.05, 3.63) is 42.5 Å². The van der Waals surface area contributed by atoms with Crippen molar-refractivity contribution in [1.29, 1.82) is 0 Å². The van der Waals surface area contributed by atoms with E-state index in [4.69, 9.17) is 4.74 Å². The van der Waals surface area contributed by atoms with Gasteiger partial charge >= 0.3 is 0 Å². The third kappa shape index (κ3) is 3.69. The normalized spacial score (nSPS) is 19.4. The van der Waals surface area contributed by atoms with Gasteiger partial charge in [0.15, 0.2) is 0 Å². The number of methoxy groups -OCH3 is 1. The van der Waals surface area contributed by atoms with Gasteiger partial charge in [0.05, 0.1) is 13.2 Å². The molecule has 1 unspecified atom stereocenters. The molecule has 0 saturated carbocycles. The van der Waals surface area contributed by atoms with Crippen LogP contribution in [0.3, 0.4) is 0 Å². The first-order valence-electron chi connectivity index (χ1n) is 7.84. The molecule has 3 rings (SSSR count). The summed E-state index contributed by atoms with van der Waals surface area (Å²) in [5, 5.41) is 0. The molecule has 1 saturated heterocycles. The van der Waals surface area contributed by atoms with Crippen molar-refractivity contribution in [3.8, 4) is 0 Å². The third-order valence-corrected chi connectivity index (χ3v) is 4.23. The molecule has 1 atom stereocenters. The van der Waals surface area contributed by atoms with E-state index in [1.807, 2.05) is 24.7 Å². The number of likely N-dealkylation sites (tertiary alicyclic amines) is 1. The Morgan fingerprint density at radius 2 is 2.27 bits per heavy atom. The monoisotopic (exact) mass is 301 g/mol. The molecule has 0 aliphatic carbocycles. The molecular weight excluding hydrogens is 278 g/mol. The zero-order chi connectivity index (χ0) is 15.2. The summed E-state index contributed by atoms with van der Waals surface area (Å²) in [7, 11) is 1.73. The standard InChI is InChI=1S/C16H23N5O/c1-22-10-9-21-8-6-18-16(21)12-20-7-2-3-14(11-20)15-4-5-17-13-19-15/h4-6,8,13-14H,2-3,7,9-12H2,1H3. The molecular formula is C16H23N5O. The van der Waals surface area contributed by atoms with E-state index in [1.54, 1.807) is 13.4 Å². The molecule has 0 spiro atoms. The molecule has 0 N–H and O–H groups in total. The van der Waals surface area contributed by atoms with Gasteiger partial charge in [-0.3, -0.25) is 4.90 Å². The van der Waals surface area contributed by atoms with Crippen LogP contribution in [-0.2, 0) is 17.8 Å². The maximum Gasteiger partial charge on any atom is 0.122 e. The summed E-state index contributed by atoms with van der Waals surface area (Å²) in [6, 6.07) is 2.04. The van der Waals surface area contributed by atoms with Crippen LogP contribution < -0.4 is 0 Å². The Balaban J connectivity index is 1.62. The highest BCUT2D eigenvalue weighted by molar-refractivity contribution is 5.08. The number of rotatable bonds is 6. The average molecular weight is 301 g/mol. The summed E-state index contributed by atoms with van der Waals surface area (Å²) < 4.78 is 7.34. The molecule has 118 valence electrons. The molecule has 2 aromatic heterocycles. The molecule has 3 heterocycles. The zero-order valence-electron chi connectivity index (χ0n) is 13.1. The van der Waals surface area contributed by atoms with Crippen molar-refractivity contribution in [2.75, 3.05) is 26.8 Å². The minimum atomic E-state index is 0.499. The van der Waals surface area contributed by atoms with Crippen molar-refractivity contribution >= 4 is 0 Å². The fourth-order valence-electron chi connectivity index (χ4n) is 3.07. The summed E-state index contributed by atoms with van der Waals surface area (Å²) in [6.45, 7) is 4.62. The molecule has 1 fully saturated rings. The van der Waals surface area contributed by atoms with Gasteiger partial charge in [-0.1, -0.05) is 0 Å². The van der Waals surface area contributed by atoms with E-state index < -0.39 is 0 Å². The SMILES string of the molecule is COCCn1ccnc1CN1CCCC(c2ccncn2)C1. The predicted octanol–water partition coefficient (Wildman–Crippen LogP) is 1.70. The van der Waals surface area contributed by atoms with Crippen molar-refractivity contribution in [3.63, 3.8) is 0 Å². The molecule has 22 heavy (non-hydrogen) atoms. The fourth-order valence-corrected chi connectivity index (χ4v) is 3.07. The number of aromatic nitrogens is 4. The molecule has 0 amide bonds. The zero-order valence-corrected chi connectivity index (χ0v) is 13.1. The second-order valence-electron chi connectivity index (χ2n) is 5.74. The molecule has 1 aliphatic rings. The molecule has 0 radical (unpaired) electrons. The van der Waals surface area contributed by atoms with Crippen LogP contribution in [0, 0.1) is 0 Å². The second kappa shape index (κ2) is 7.47. The maximum absolute atomic E-state index is 5.16. The van der Waals surface area contributed by atoms with Crippen molar-refractivity contribution in [1.82, 2.24) is 24.4 Å². The van der Waals surface area contributed by atoms with Crippen molar-refractivity contribution in [2.45, 2.75) is 31.8 Å². The third-order valence-electron chi connectivity index (χ3n) is 4.23. The summed E-state index contributed by atoms with van der Waals surface area (Å²) >= 11 is 0. The highest BCUT2D eigenvalue weighted by Gasteiger charge is 2.23. The van der Waals surface area contributed by atoms with Gasteiger partial charge in [0.2, 0.25) is 0 Å². The first-order valence-corrected chi connectivity index (χ1v) is 7.84. The minimum absolute atomic E-state index is 0.499. The summed E-state index contributed by atoms with van der Waals surface area (Å²) in [5.74, 6) is 1.61. The van der Waals surface area contributed by atoms with E-state index in [9.17, 15) is 0 Å². The lowest BCUT2D eigenvalue weighted by Crippen LogP contribution is -2.35. The van der Waals surface area contributed by atoms with Gasteiger partial charge in [-0.25, -0.2) is 15.0 Å². The van der Waals surface area contributed by atoms with Gasteiger partial charge in [0, 0.05) is 50.4 Å². The molecule has 2 aromatic rings. The van der Waals surface area contributed by atoms with Crippen LogP contribution in [0.25, 0.3) is 0 Å². The van der Waals surface area contributed by atoms with Crippen LogP contribution in [0.1, 0.15) is 30.3 Å². The van der Waals surface area contributed by atoms with Gasteiger partial charge in [0.1, 0.15) is 12.2 Å². The maximum atomic E-state index is 5.16. The smallest absolute Gasteiger partial charge is 0.122 e. The number of nitrogens with zero attached hydrogens (tertiary/aromatic N) is 5. The average Bonchev–Trinajstić information content (AvgIpc) is 3.01. The molecule has 0 aromatic carbocycles. The second-order valence-corrected chi connectivity index (χ2v) is 5.74.